The van der Waals surface area contributed by atoms with E-state index >= 15 is 0 Å². The van der Waals surface area contributed by atoms with Gasteiger partial charge in [-0.15, -0.1) is 5.10 Å². The Morgan fingerprint density at radius 1 is 1.19 bits per heavy atom. The number of carbonyl (C=O) groups excluding carboxylic acids is 1. The Balaban J connectivity index is 1.65. The molecule has 2 atom stereocenters. The summed E-state index contributed by atoms with van der Waals surface area (Å²) in [6, 6.07) is 8.56. The maximum atomic E-state index is 13.1. The number of carbonyl (C=O) groups is 1. The monoisotopic (exact) mass is 386 g/mol. The van der Waals surface area contributed by atoms with Crippen LogP contribution in [0.3, 0.4) is 0 Å². The zero-order chi connectivity index (χ0) is 19.0. The Hall–Kier alpha value is -1.70. The molecule has 3 heterocycles. The van der Waals surface area contributed by atoms with Gasteiger partial charge in [0.05, 0.1) is 12.1 Å². The number of piperidine rings is 1. The van der Waals surface area contributed by atoms with Crippen LogP contribution in [0.1, 0.15) is 54.5 Å². The first-order valence-electron chi connectivity index (χ1n) is 9.78. The minimum Gasteiger partial charge on any atom is -0.393 e. The summed E-state index contributed by atoms with van der Waals surface area (Å²) in [6.45, 7) is 5.73. The van der Waals surface area contributed by atoms with E-state index in [1.165, 1.54) is 22.0 Å². The lowest BCUT2D eigenvalue weighted by Crippen LogP contribution is -2.44. The van der Waals surface area contributed by atoms with Crippen molar-refractivity contribution in [2.24, 2.45) is 0 Å². The van der Waals surface area contributed by atoms with Gasteiger partial charge in [0.2, 0.25) is 0 Å². The first kappa shape index (κ1) is 18.7. The Kier molecular flexibility index (Phi) is 5.34. The van der Waals surface area contributed by atoms with E-state index in [1.54, 1.807) is 0 Å². The highest BCUT2D eigenvalue weighted by Crippen LogP contribution is 2.41. The average Bonchev–Trinajstić information content (AvgIpc) is 3.23. The predicted octanol–water partition coefficient (Wildman–Crippen LogP) is 2.72. The lowest BCUT2D eigenvalue weighted by Gasteiger charge is -2.38. The fourth-order valence-electron chi connectivity index (χ4n) is 3.88. The third-order valence-electron chi connectivity index (χ3n) is 5.53. The van der Waals surface area contributed by atoms with Crippen LogP contribution >= 0.6 is 11.8 Å². The van der Waals surface area contributed by atoms with Crippen LogP contribution in [0.5, 0.6) is 0 Å². The molecule has 2 aromatic rings. The van der Waals surface area contributed by atoms with Gasteiger partial charge < -0.3 is 5.11 Å². The summed E-state index contributed by atoms with van der Waals surface area (Å²) in [5.74, 6) is 0.729. The van der Waals surface area contributed by atoms with Gasteiger partial charge in [-0.3, -0.25) is 9.69 Å². The molecule has 2 aliphatic heterocycles. The zero-order valence-corrected chi connectivity index (χ0v) is 16.7. The molecule has 144 valence electrons. The Morgan fingerprint density at radius 2 is 1.89 bits per heavy atom. The largest absolute Gasteiger partial charge is 0.393 e. The number of hydrogen-bond acceptors (Lipinski definition) is 6. The summed E-state index contributed by atoms with van der Waals surface area (Å²) in [6.07, 6.45) is 2.98. The Labute approximate surface area is 164 Å². The van der Waals surface area contributed by atoms with Crippen LogP contribution in [0, 0.1) is 0 Å². The van der Waals surface area contributed by atoms with E-state index in [9.17, 15) is 9.90 Å². The van der Waals surface area contributed by atoms with Crippen molar-refractivity contribution < 1.29 is 9.90 Å². The summed E-state index contributed by atoms with van der Waals surface area (Å²) < 4.78 is 1.49. The van der Waals surface area contributed by atoms with Gasteiger partial charge in [-0.05, 0) is 30.4 Å². The van der Waals surface area contributed by atoms with E-state index in [2.05, 4.69) is 46.2 Å². The van der Waals surface area contributed by atoms with Crippen molar-refractivity contribution in [1.29, 1.82) is 0 Å². The normalized spacial score (nSPS) is 22.2. The molecule has 1 saturated heterocycles. The second-order valence-corrected chi connectivity index (χ2v) is 8.37. The fraction of sp³-hybridized carbons (Fsp3) is 0.550. The zero-order valence-electron chi connectivity index (χ0n) is 15.8. The number of aromatic nitrogens is 3. The van der Waals surface area contributed by atoms with Crippen LogP contribution < -0.4 is 0 Å². The van der Waals surface area contributed by atoms with Gasteiger partial charge in [0.25, 0.3) is 5.91 Å². The number of hydrogen-bond donors (Lipinski definition) is 1. The molecule has 27 heavy (non-hydrogen) atoms. The first-order chi connectivity index (χ1) is 13.1. The third-order valence-corrected chi connectivity index (χ3v) is 6.72. The summed E-state index contributed by atoms with van der Waals surface area (Å²) in [5.41, 5.74) is 2.44. The van der Waals surface area contributed by atoms with Crippen molar-refractivity contribution in [3.8, 4) is 0 Å². The molecule has 6 nitrogen and oxygen atoms in total. The van der Waals surface area contributed by atoms with E-state index < -0.39 is 0 Å². The second-order valence-electron chi connectivity index (χ2n) is 7.26. The van der Waals surface area contributed by atoms with Crippen LogP contribution in [-0.4, -0.2) is 55.1 Å². The van der Waals surface area contributed by atoms with Crippen LogP contribution in [0.15, 0.2) is 29.4 Å². The van der Waals surface area contributed by atoms with Crippen LogP contribution in [0.25, 0.3) is 0 Å². The number of likely N-dealkylation sites (tertiary alicyclic amines) is 1. The highest BCUT2D eigenvalue weighted by molar-refractivity contribution is 8.00. The molecule has 1 fully saturated rings. The average molecular weight is 387 g/mol. The van der Waals surface area contributed by atoms with Crippen molar-refractivity contribution in [1.82, 2.24) is 19.7 Å². The second kappa shape index (κ2) is 7.73. The molecule has 2 aliphatic rings. The number of aliphatic hydroxyl groups is 1. The Morgan fingerprint density at radius 3 is 2.48 bits per heavy atom. The molecular weight excluding hydrogens is 360 g/mol. The van der Waals surface area contributed by atoms with Crippen molar-refractivity contribution in [2.75, 3.05) is 13.1 Å². The summed E-state index contributed by atoms with van der Waals surface area (Å²) in [5, 5.41) is 14.7. The number of fused-ring (bicyclic) bond motifs is 1. The number of aliphatic hydroxyl groups excluding tert-OH is 1. The van der Waals surface area contributed by atoms with E-state index in [0.29, 0.717) is 11.0 Å². The van der Waals surface area contributed by atoms with Gasteiger partial charge in [-0.1, -0.05) is 49.9 Å². The number of benzene rings is 1. The van der Waals surface area contributed by atoms with Gasteiger partial charge in [-0.2, -0.15) is 4.68 Å². The van der Waals surface area contributed by atoms with E-state index in [4.69, 9.17) is 0 Å². The van der Waals surface area contributed by atoms with Crippen molar-refractivity contribution in [3.63, 3.8) is 0 Å². The number of thioether (sulfide) groups is 1. The van der Waals surface area contributed by atoms with E-state index in [1.807, 2.05) is 6.92 Å². The molecule has 1 aromatic carbocycles. The molecule has 0 spiro atoms. The highest BCUT2D eigenvalue weighted by atomic mass is 32.2. The summed E-state index contributed by atoms with van der Waals surface area (Å²) >= 11 is 1.52. The Bertz CT molecular complexity index is 812. The molecular formula is C20H26N4O2S. The molecule has 7 heteroatoms. The molecule has 0 bridgehead atoms. The molecule has 0 saturated carbocycles. The lowest BCUT2D eigenvalue weighted by atomic mass is 9.96. The maximum Gasteiger partial charge on any atom is 0.264 e. The highest BCUT2D eigenvalue weighted by Gasteiger charge is 2.43. The third kappa shape index (κ3) is 3.56. The first-order valence-corrected chi connectivity index (χ1v) is 10.7. The number of aryl methyl sites for hydroxylation is 2. The molecule has 0 amide bonds. The molecule has 1 aromatic heterocycles. The minimum atomic E-state index is -0.256. The molecule has 1 N–H and O–H groups in total. The SMILES string of the molecule is CCc1ccc(C(C2Sc3nc(CC)nn3C2=O)N2CCC(O)CC2)cc1. The quantitative estimate of drug-likeness (QED) is 0.852. The molecule has 0 radical (unpaired) electrons. The van der Waals surface area contributed by atoms with Gasteiger partial charge in [-0.25, -0.2) is 4.98 Å². The summed E-state index contributed by atoms with van der Waals surface area (Å²) in [7, 11) is 0. The fourth-order valence-corrected chi connectivity index (χ4v) is 5.16. The van der Waals surface area contributed by atoms with Crippen LogP contribution in [0.4, 0.5) is 0 Å². The number of nitrogens with zero attached hydrogens (tertiary/aromatic N) is 4. The van der Waals surface area contributed by atoms with Crippen LogP contribution in [-0.2, 0) is 12.8 Å². The van der Waals surface area contributed by atoms with Gasteiger partial charge in [0, 0.05) is 19.5 Å². The predicted molar refractivity (Wildman–Crippen MR) is 105 cm³/mol. The standard InChI is InChI=1S/C20H26N4O2S/c1-3-13-5-7-14(8-6-13)17(23-11-9-15(25)10-12-23)18-19(26)24-20(27-18)21-16(4-2)22-24/h5-8,15,17-18,25H,3-4,9-12H2,1-2H3. The molecule has 2 unspecified atom stereocenters. The smallest absolute Gasteiger partial charge is 0.264 e. The van der Waals surface area contributed by atoms with Crippen molar-refractivity contribution in [3.05, 3.63) is 41.2 Å². The van der Waals surface area contributed by atoms with Gasteiger partial charge in [0.1, 0.15) is 5.25 Å². The van der Waals surface area contributed by atoms with Gasteiger partial charge in [0.15, 0.2) is 11.0 Å². The maximum absolute atomic E-state index is 13.1. The number of rotatable bonds is 5. The minimum absolute atomic E-state index is 0.0119. The molecule has 4 rings (SSSR count). The summed E-state index contributed by atoms with van der Waals surface area (Å²) in [4.78, 5) is 20.0. The van der Waals surface area contributed by atoms with Crippen molar-refractivity contribution in [2.45, 2.75) is 62.1 Å². The topological polar surface area (TPSA) is 71.2 Å². The van der Waals surface area contributed by atoms with Crippen LogP contribution in [0.2, 0.25) is 0 Å². The van der Waals surface area contributed by atoms with E-state index in [-0.39, 0.29) is 23.3 Å². The van der Waals surface area contributed by atoms with Crippen molar-refractivity contribution >= 4 is 17.7 Å². The van der Waals surface area contributed by atoms with E-state index in [0.717, 1.165) is 44.3 Å². The lowest BCUT2D eigenvalue weighted by molar-refractivity contribution is 0.0551. The van der Waals surface area contributed by atoms with Gasteiger partial charge >= 0.3 is 0 Å². The molecule has 0 aliphatic carbocycles.